The van der Waals surface area contributed by atoms with Gasteiger partial charge in [0.2, 0.25) is 5.91 Å². The topological polar surface area (TPSA) is 71.3 Å². The maximum Gasteiger partial charge on any atom is 0.287 e. The van der Waals surface area contributed by atoms with E-state index in [4.69, 9.17) is 16.0 Å². The van der Waals surface area contributed by atoms with E-state index in [9.17, 15) is 9.59 Å². The molecule has 5 nitrogen and oxygen atoms in total. The van der Waals surface area contributed by atoms with Crippen LogP contribution in [0.2, 0.25) is 5.02 Å². The predicted molar refractivity (Wildman–Crippen MR) is 80.5 cm³/mol. The van der Waals surface area contributed by atoms with Crippen molar-refractivity contribution in [3.05, 3.63) is 52.9 Å². The molecule has 0 spiro atoms. The van der Waals surface area contributed by atoms with Crippen LogP contribution in [0.3, 0.4) is 0 Å². The summed E-state index contributed by atoms with van der Waals surface area (Å²) in [5, 5.41) is 5.86. The van der Waals surface area contributed by atoms with Crippen LogP contribution in [0.5, 0.6) is 0 Å². The van der Waals surface area contributed by atoms with Crippen molar-refractivity contribution in [3.8, 4) is 0 Å². The number of hydrogen-bond donors (Lipinski definition) is 2. The van der Waals surface area contributed by atoms with Crippen LogP contribution in [0.15, 0.2) is 41.0 Å². The molecular formula is C15H15ClN2O3. The van der Waals surface area contributed by atoms with E-state index in [1.54, 1.807) is 31.2 Å². The standard InChI is InChI=1S/C15H15ClN2O3/c1-9-11(16)5-3-6-12(9)18-14(19)10(2)17-15(20)13-7-4-8-21-13/h3-8,10H,1-2H3,(H,17,20)(H,18,19). The van der Waals surface area contributed by atoms with Crippen LogP contribution in [0.25, 0.3) is 0 Å². The summed E-state index contributed by atoms with van der Waals surface area (Å²) in [6.45, 7) is 3.40. The highest BCUT2D eigenvalue weighted by Gasteiger charge is 2.18. The predicted octanol–water partition coefficient (Wildman–Crippen LogP) is 3.00. The second-order valence-corrected chi connectivity index (χ2v) is 4.98. The van der Waals surface area contributed by atoms with Crippen LogP contribution < -0.4 is 10.6 Å². The number of hydrogen-bond acceptors (Lipinski definition) is 3. The van der Waals surface area contributed by atoms with Crippen molar-refractivity contribution in [1.29, 1.82) is 0 Å². The van der Waals surface area contributed by atoms with Crippen LogP contribution >= 0.6 is 11.6 Å². The van der Waals surface area contributed by atoms with Gasteiger partial charge in [-0.2, -0.15) is 0 Å². The number of carbonyl (C=O) groups excluding carboxylic acids is 2. The van der Waals surface area contributed by atoms with Crippen LogP contribution in [0.4, 0.5) is 5.69 Å². The van der Waals surface area contributed by atoms with Crippen molar-refractivity contribution in [3.63, 3.8) is 0 Å². The molecule has 1 atom stereocenters. The summed E-state index contributed by atoms with van der Waals surface area (Å²) in [6, 6.07) is 7.67. The molecule has 0 aliphatic rings. The molecule has 110 valence electrons. The van der Waals surface area contributed by atoms with Gasteiger partial charge in [0.15, 0.2) is 5.76 Å². The maximum atomic E-state index is 12.1. The van der Waals surface area contributed by atoms with Crippen molar-refractivity contribution in [2.75, 3.05) is 5.32 Å². The number of anilines is 1. The molecule has 0 fully saturated rings. The van der Waals surface area contributed by atoms with E-state index in [1.165, 1.54) is 12.3 Å². The molecule has 1 aromatic carbocycles. The monoisotopic (exact) mass is 306 g/mol. The molecule has 2 rings (SSSR count). The fraction of sp³-hybridized carbons (Fsp3) is 0.200. The Morgan fingerprint density at radius 1 is 1.24 bits per heavy atom. The van der Waals surface area contributed by atoms with E-state index in [2.05, 4.69) is 10.6 Å². The Morgan fingerprint density at radius 2 is 2.00 bits per heavy atom. The third-order valence-corrected chi connectivity index (χ3v) is 3.42. The fourth-order valence-corrected chi connectivity index (χ4v) is 1.90. The summed E-state index contributed by atoms with van der Waals surface area (Å²) < 4.78 is 4.97. The zero-order valence-electron chi connectivity index (χ0n) is 11.6. The highest BCUT2D eigenvalue weighted by atomic mass is 35.5. The van der Waals surface area contributed by atoms with Gasteiger partial charge in [0.25, 0.3) is 5.91 Å². The minimum atomic E-state index is -0.707. The van der Waals surface area contributed by atoms with Gasteiger partial charge in [0.05, 0.1) is 6.26 Å². The summed E-state index contributed by atoms with van der Waals surface area (Å²) in [4.78, 5) is 23.9. The molecule has 1 unspecified atom stereocenters. The van der Waals surface area contributed by atoms with E-state index in [0.717, 1.165) is 5.56 Å². The lowest BCUT2D eigenvalue weighted by molar-refractivity contribution is -0.117. The lowest BCUT2D eigenvalue weighted by atomic mass is 10.2. The van der Waals surface area contributed by atoms with Crippen molar-refractivity contribution < 1.29 is 14.0 Å². The number of rotatable bonds is 4. The zero-order chi connectivity index (χ0) is 15.4. The number of nitrogens with one attached hydrogen (secondary N) is 2. The van der Waals surface area contributed by atoms with Gasteiger partial charge in [-0.3, -0.25) is 9.59 Å². The third-order valence-electron chi connectivity index (χ3n) is 3.01. The van der Waals surface area contributed by atoms with Crippen LogP contribution in [-0.4, -0.2) is 17.9 Å². The molecule has 1 aromatic heterocycles. The van der Waals surface area contributed by atoms with E-state index in [1.807, 2.05) is 6.92 Å². The average Bonchev–Trinajstić information content (AvgIpc) is 2.98. The Labute approximate surface area is 127 Å². The van der Waals surface area contributed by atoms with Crippen LogP contribution in [0, 0.1) is 6.92 Å². The minimum Gasteiger partial charge on any atom is -0.459 e. The number of furan rings is 1. The molecule has 1 heterocycles. The van der Waals surface area contributed by atoms with Gasteiger partial charge in [-0.15, -0.1) is 0 Å². The molecule has 6 heteroatoms. The lowest BCUT2D eigenvalue weighted by Crippen LogP contribution is -2.41. The highest BCUT2D eigenvalue weighted by molar-refractivity contribution is 6.31. The zero-order valence-corrected chi connectivity index (χ0v) is 12.4. The first-order chi connectivity index (χ1) is 9.99. The van der Waals surface area contributed by atoms with Gasteiger partial charge in [0, 0.05) is 10.7 Å². The molecule has 2 aromatic rings. The number of amides is 2. The Morgan fingerprint density at radius 3 is 2.67 bits per heavy atom. The maximum absolute atomic E-state index is 12.1. The second kappa shape index (κ2) is 6.45. The first kappa shape index (κ1) is 15.1. The number of carbonyl (C=O) groups is 2. The molecule has 0 saturated heterocycles. The van der Waals surface area contributed by atoms with Gasteiger partial charge in [-0.25, -0.2) is 0 Å². The van der Waals surface area contributed by atoms with Crippen LogP contribution in [-0.2, 0) is 4.79 Å². The lowest BCUT2D eigenvalue weighted by Gasteiger charge is -2.15. The SMILES string of the molecule is Cc1c(Cl)cccc1NC(=O)C(C)NC(=O)c1ccco1. The minimum absolute atomic E-state index is 0.161. The molecule has 0 aliphatic heterocycles. The Bertz CT molecular complexity index is 653. The van der Waals surface area contributed by atoms with Gasteiger partial charge in [0.1, 0.15) is 6.04 Å². The summed E-state index contributed by atoms with van der Waals surface area (Å²) in [5.41, 5.74) is 1.39. The Kier molecular flexibility index (Phi) is 4.65. The average molecular weight is 307 g/mol. The largest absolute Gasteiger partial charge is 0.459 e. The van der Waals surface area contributed by atoms with Crippen molar-refractivity contribution in [1.82, 2.24) is 5.32 Å². The van der Waals surface area contributed by atoms with Crippen molar-refractivity contribution in [2.24, 2.45) is 0 Å². The molecule has 0 radical (unpaired) electrons. The normalized spacial score (nSPS) is 11.8. The first-order valence-corrected chi connectivity index (χ1v) is 6.77. The number of halogens is 1. The fourth-order valence-electron chi connectivity index (χ4n) is 1.72. The molecule has 0 bridgehead atoms. The highest BCUT2D eigenvalue weighted by Crippen LogP contribution is 2.22. The first-order valence-electron chi connectivity index (χ1n) is 6.39. The number of benzene rings is 1. The molecule has 2 amide bonds. The summed E-state index contributed by atoms with van der Waals surface area (Å²) >= 11 is 6.00. The Hall–Kier alpha value is -2.27. The van der Waals surface area contributed by atoms with E-state index >= 15 is 0 Å². The van der Waals surface area contributed by atoms with Gasteiger partial charge < -0.3 is 15.1 Å². The van der Waals surface area contributed by atoms with Crippen LogP contribution in [0.1, 0.15) is 23.0 Å². The molecule has 0 saturated carbocycles. The van der Waals surface area contributed by atoms with E-state index in [0.29, 0.717) is 10.7 Å². The second-order valence-electron chi connectivity index (χ2n) is 4.57. The van der Waals surface area contributed by atoms with Gasteiger partial charge >= 0.3 is 0 Å². The Balaban J connectivity index is 2.00. The quantitative estimate of drug-likeness (QED) is 0.912. The molecule has 0 aliphatic carbocycles. The molecule has 2 N–H and O–H groups in total. The summed E-state index contributed by atoms with van der Waals surface area (Å²) in [5.74, 6) is -0.612. The van der Waals surface area contributed by atoms with E-state index < -0.39 is 11.9 Å². The molecular weight excluding hydrogens is 292 g/mol. The van der Waals surface area contributed by atoms with Gasteiger partial charge in [-0.05, 0) is 43.7 Å². The van der Waals surface area contributed by atoms with Crippen molar-refractivity contribution >= 4 is 29.1 Å². The van der Waals surface area contributed by atoms with Gasteiger partial charge in [-0.1, -0.05) is 17.7 Å². The summed E-state index contributed by atoms with van der Waals surface area (Å²) in [7, 11) is 0. The molecule has 21 heavy (non-hydrogen) atoms. The van der Waals surface area contributed by atoms with E-state index in [-0.39, 0.29) is 11.7 Å². The summed E-state index contributed by atoms with van der Waals surface area (Å²) in [6.07, 6.45) is 1.40. The smallest absolute Gasteiger partial charge is 0.287 e. The third kappa shape index (κ3) is 3.64. The van der Waals surface area contributed by atoms with Crippen molar-refractivity contribution in [2.45, 2.75) is 19.9 Å².